The lowest BCUT2D eigenvalue weighted by molar-refractivity contribution is 0.0600. The topological polar surface area (TPSA) is 51.5 Å². The van der Waals surface area contributed by atoms with Crippen LogP contribution in [0, 0.1) is 0 Å². The van der Waals surface area contributed by atoms with Crippen LogP contribution in [0.1, 0.15) is 16.1 Å². The SMILES string of the molecule is COC(=O)c1coc(CNc2ccc(Br)c(Cl)c2Cl)c1. The number of hydrogen-bond acceptors (Lipinski definition) is 4. The number of nitrogens with one attached hydrogen (secondary N) is 1. The number of benzene rings is 1. The highest BCUT2D eigenvalue weighted by Gasteiger charge is 2.11. The van der Waals surface area contributed by atoms with Crippen molar-refractivity contribution in [2.75, 3.05) is 12.4 Å². The van der Waals surface area contributed by atoms with Gasteiger partial charge in [-0.15, -0.1) is 0 Å². The van der Waals surface area contributed by atoms with Gasteiger partial charge in [-0.05, 0) is 34.1 Å². The van der Waals surface area contributed by atoms with Crippen LogP contribution in [0.15, 0.2) is 33.4 Å². The molecular formula is C13H10BrCl2NO3. The van der Waals surface area contributed by atoms with E-state index in [0.29, 0.717) is 33.6 Å². The molecule has 2 rings (SSSR count). The van der Waals surface area contributed by atoms with Crippen molar-refractivity contribution in [1.82, 2.24) is 0 Å². The largest absolute Gasteiger partial charge is 0.467 e. The zero-order chi connectivity index (χ0) is 14.7. The van der Waals surface area contributed by atoms with Crippen molar-refractivity contribution in [1.29, 1.82) is 0 Å². The number of halogens is 3. The van der Waals surface area contributed by atoms with E-state index in [9.17, 15) is 4.79 Å². The summed E-state index contributed by atoms with van der Waals surface area (Å²) in [6.07, 6.45) is 1.35. The molecule has 4 nitrogen and oxygen atoms in total. The highest BCUT2D eigenvalue weighted by Crippen LogP contribution is 2.36. The third-order valence-electron chi connectivity index (χ3n) is 2.56. The highest BCUT2D eigenvalue weighted by molar-refractivity contribution is 9.10. The monoisotopic (exact) mass is 377 g/mol. The second-order valence-corrected chi connectivity index (χ2v) is 5.48. The predicted molar refractivity (Wildman–Crippen MR) is 81.5 cm³/mol. The lowest BCUT2D eigenvalue weighted by Gasteiger charge is -2.09. The number of methoxy groups -OCH3 is 1. The van der Waals surface area contributed by atoms with Crippen LogP contribution in [-0.4, -0.2) is 13.1 Å². The Hall–Kier alpha value is -1.17. The van der Waals surface area contributed by atoms with Crippen LogP contribution in [0.4, 0.5) is 5.69 Å². The first kappa shape index (κ1) is 15.2. The number of hydrogen-bond donors (Lipinski definition) is 1. The van der Waals surface area contributed by atoms with Gasteiger partial charge < -0.3 is 14.5 Å². The van der Waals surface area contributed by atoms with Crippen LogP contribution < -0.4 is 5.32 Å². The summed E-state index contributed by atoms with van der Waals surface area (Å²) in [5, 5.41) is 3.94. The molecule has 106 valence electrons. The Morgan fingerprint density at radius 3 is 2.85 bits per heavy atom. The van der Waals surface area contributed by atoms with Crippen molar-refractivity contribution in [3.63, 3.8) is 0 Å². The van der Waals surface area contributed by atoms with Gasteiger partial charge in [-0.3, -0.25) is 0 Å². The van der Waals surface area contributed by atoms with Crippen molar-refractivity contribution >= 4 is 50.8 Å². The molecule has 0 saturated carbocycles. The molecule has 0 saturated heterocycles. The Kier molecular flexibility index (Phi) is 4.96. The van der Waals surface area contributed by atoms with Crippen LogP contribution in [-0.2, 0) is 11.3 Å². The van der Waals surface area contributed by atoms with Gasteiger partial charge in [-0.25, -0.2) is 4.79 Å². The van der Waals surface area contributed by atoms with E-state index in [4.69, 9.17) is 27.6 Å². The third kappa shape index (κ3) is 3.29. The summed E-state index contributed by atoms with van der Waals surface area (Å²) in [6, 6.07) is 5.19. The maximum Gasteiger partial charge on any atom is 0.341 e. The average molecular weight is 379 g/mol. The van der Waals surface area contributed by atoms with E-state index < -0.39 is 5.97 Å². The first-order valence-electron chi connectivity index (χ1n) is 5.56. The van der Waals surface area contributed by atoms with Gasteiger partial charge in [0.15, 0.2) is 0 Å². The van der Waals surface area contributed by atoms with Crippen molar-refractivity contribution in [3.05, 3.63) is 50.3 Å². The molecule has 0 atom stereocenters. The fraction of sp³-hybridized carbons (Fsp3) is 0.154. The van der Waals surface area contributed by atoms with E-state index in [1.807, 2.05) is 0 Å². The number of ether oxygens (including phenoxy) is 1. The lowest BCUT2D eigenvalue weighted by atomic mass is 10.3. The summed E-state index contributed by atoms with van der Waals surface area (Å²) in [5.41, 5.74) is 1.04. The molecule has 7 heteroatoms. The number of carbonyl (C=O) groups is 1. The standard InChI is InChI=1S/C13H10BrCl2NO3/c1-19-13(18)7-4-8(20-6-7)5-17-10-3-2-9(14)11(15)12(10)16/h2-4,6,17H,5H2,1H3. The smallest absolute Gasteiger partial charge is 0.341 e. The Morgan fingerprint density at radius 1 is 1.40 bits per heavy atom. The van der Waals surface area contributed by atoms with Gasteiger partial charge in [-0.1, -0.05) is 23.2 Å². The summed E-state index contributed by atoms with van der Waals surface area (Å²) in [7, 11) is 1.32. The zero-order valence-electron chi connectivity index (χ0n) is 10.4. The molecular weight excluding hydrogens is 369 g/mol. The molecule has 1 N–H and O–H groups in total. The van der Waals surface area contributed by atoms with E-state index in [1.54, 1.807) is 18.2 Å². The number of anilines is 1. The second kappa shape index (κ2) is 6.52. The van der Waals surface area contributed by atoms with Crippen LogP contribution in [0.25, 0.3) is 0 Å². The minimum atomic E-state index is -0.440. The third-order valence-corrected chi connectivity index (χ3v) is 4.33. The first-order chi connectivity index (χ1) is 9.52. The predicted octanol–water partition coefficient (Wildman–Crippen LogP) is 4.75. The Labute approximate surface area is 134 Å². The molecule has 0 radical (unpaired) electrons. The highest BCUT2D eigenvalue weighted by atomic mass is 79.9. The van der Waals surface area contributed by atoms with Crippen molar-refractivity contribution in [3.8, 4) is 0 Å². The molecule has 0 unspecified atom stereocenters. The zero-order valence-corrected chi connectivity index (χ0v) is 13.5. The van der Waals surface area contributed by atoms with E-state index in [0.717, 1.165) is 4.47 Å². The molecule has 0 amide bonds. The second-order valence-electron chi connectivity index (χ2n) is 3.87. The van der Waals surface area contributed by atoms with E-state index in [1.165, 1.54) is 13.4 Å². The summed E-state index contributed by atoms with van der Waals surface area (Å²) >= 11 is 15.4. The van der Waals surface area contributed by atoms with Crippen molar-refractivity contribution < 1.29 is 13.9 Å². The first-order valence-corrected chi connectivity index (χ1v) is 7.11. The van der Waals surface area contributed by atoms with Gasteiger partial charge in [-0.2, -0.15) is 0 Å². The van der Waals surface area contributed by atoms with Gasteiger partial charge in [0.25, 0.3) is 0 Å². The van der Waals surface area contributed by atoms with Gasteiger partial charge >= 0.3 is 5.97 Å². The molecule has 1 heterocycles. The van der Waals surface area contributed by atoms with E-state index in [2.05, 4.69) is 26.0 Å². The Morgan fingerprint density at radius 2 is 2.15 bits per heavy atom. The molecule has 2 aromatic rings. The van der Waals surface area contributed by atoms with Crippen LogP contribution in [0.5, 0.6) is 0 Å². The van der Waals surface area contributed by atoms with Crippen LogP contribution in [0.3, 0.4) is 0 Å². The van der Waals surface area contributed by atoms with Gasteiger partial charge in [0.2, 0.25) is 0 Å². The number of rotatable bonds is 4. The van der Waals surface area contributed by atoms with E-state index >= 15 is 0 Å². The summed E-state index contributed by atoms with van der Waals surface area (Å²) < 4.78 is 10.6. The van der Waals surface area contributed by atoms with Gasteiger partial charge in [0, 0.05) is 4.47 Å². The summed E-state index contributed by atoms with van der Waals surface area (Å²) in [5.74, 6) is 0.144. The number of furan rings is 1. The molecule has 1 aromatic carbocycles. The molecule has 1 aromatic heterocycles. The minimum Gasteiger partial charge on any atom is -0.467 e. The molecule has 0 aliphatic carbocycles. The van der Waals surface area contributed by atoms with Crippen LogP contribution >= 0.6 is 39.1 Å². The van der Waals surface area contributed by atoms with E-state index in [-0.39, 0.29) is 0 Å². The lowest BCUT2D eigenvalue weighted by Crippen LogP contribution is -2.00. The molecule has 20 heavy (non-hydrogen) atoms. The average Bonchev–Trinajstić information content (AvgIpc) is 2.92. The quantitative estimate of drug-likeness (QED) is 0.616. The van der Waals surface area contributed by atoms with Crippen molar-refractivity contribution in [2.45, 2.75) is 6.54 Å². The van der Waals surface area contributed by atoms with Gasteiger partial charge in [0.05, 0.1) is 35.0 Å². The van der Waals surface area contributed by atoms with Crippen molar-refractivity contribution in [2.24, 2.45) is 0 Å². The normalized spacial score (nSPS) is 10.4. The van der Waals surface area contributed by atoms with Gasteiger partial charge in [0.1, 0.15) is 12.0 Å². The van der Waals surface area contributed by atoms with Crippen LogP contribution in [0.2, 0.25) is 10.0 Å². The summed E-state index contributed by atoms with van der Waals surface area (Å²) in [6.45, 7) is 0.370. The number of carbonyl (C=O) groups excluding carboxylic acids is 1. The minimum absolute atomic E-state index is 0.365. The molecule has 0 aliphatic rings. The molecule has 0 bridgehead atoms. The molecule has 0 aliphatic heterocycles. The Bertz CT molecular complexity index is 643. The fourth-order valence-electron chi connectivity index (χ4n) is 1.54. The number of esters is 1. The molecule has 0 fully saturated rings. The maximum atomic E-state index is 11.3. The summed E-state index contributed by atoms with van der Waals surface area (Å²) in [4.78, 5) is 11.3. The Balaban J connectivity index is 2.07. The molecule has 0 spiro atoms. The fourth-order valence-corrected chi connectivity index (χ4v) is 2.38. The maximum absolute atomic E-state index is 11.3.